The van der Waals surface area contributed by atoms with Crippen molar-refractivity contribution in [1.82, 2.24) is 9.80 Å². The first-order chi connectivity index (χ1) is 17.4. The molecule has 0 aliphatic carbocycles. The Labute approximate surface area is 218 Å². The summed E-state index contributed by atoms with van der Waals surface area (Å²) >= 11 is 6.02. The van der Waals surface area contributed by atoms with Crippen LogP contribution in [0, 0.1) is 0 Å². The van der Waals surface area contributed by atoms with Crippen molar-refractivity contribution < 1.29 is 24.5 Å². The highest BCUT2D eigenvalue weighted by atomic mass is 35.5. The summed E-state index contributed by atoms with van der Waals surface area (Å²) in [6.45, 7) is 3.74. The summed E-state index contributed by atoms with van der Waals surface area (Å²) in [6, 6.07) is 15.0. The van der Waals surface area contributed by atoms with Gasteiger partial charge in [-0.25, -0.2) is 0 Å². The standard InChI is InChI=1S/C28H37ClN2O5/c29-23-8-5-10-25(18-23)36-21-28(34)20-30(15-12-26(28)32)19-22-7-4-9-24(17-22)35-16-6-14-31-13-3-1-2-11-27(31)33/h4-5,7-10,17-18,26,32,34H,1-3,6,11-16,19-21H2/t26-,28+/m0/s1. The number of hydrogen-bond acceptors (Lipinski definition) is 6. The second-order valence-corrected chi connectivity index (χ2v) is 10.3. The molecular weight excluding hydrogens is 480 g/mol. The summed E-state index contributed by atoms with van der Waals surface area (Å²) < 4.78 is 11.7. The van der Waals surface area contributed by atoms with E-state index in [1.165, 1.54) is 0 Å². The summed E-state index contributed by atoms with van der Waals surface area (Å²) in [5, 5.41) is 22.2. The number of ether oxygens (including phenoxy) is 2. The molecule has 196 valence electrons. The van der Waals surface area contributed by atoms with Gasteiger partial charge in [0.1, 0.15) is 23.7 Å². The van der Waals surface area contributed by atoms with E-state index in [9.17, 15) is 15.0 Å². The molecule has 2 aromatic rings. The van der Waals surface area contributed by atoms with Crippen molar-refractivity contribution in [3.05, 3.63) is 59.1 Å². The van der Waals surface area contributed by atoms with Crippen LogP contribution in [0.4, 0.5) is 0 Å². The number of carbonyl (C=O) groups is 1. The van der Waals surface area contributed by atoms with Crippen LogP contribution < -0.4 is 9.47 Å². The first-order valence-corrected chi connectivity index (χ1v) is 13.3. The maximum absolute atomic E-state index is 12.1. The molecule has 1 amide bonds. The van der Waals surface area contributed by atoms with Crippen molar-refractivity contribution in [3.63, 3.8) is 0 Å². The van der Waals surface area contributed by atoms with Crippen LogP contribution in [0.5, 0.6) is 11.5 Å². The third-order valence-corrected chi connectivity index (χ3v) is 7.17. The fourth-order valence-corrected chi connectivity index (χ4v) is 5.08. The molecule has 2 aromatic carbocycles. The lowest BCUT2D eigenvalue weighted by Crippen LogP contribution is -2.59. The first-order valence-electron chi connectivity index (χ1n) is 12.9. The molecule has 2 fully saturated rings. The van der Waals surface area contributed by atoms with Gasteiger partial charge in [-0.1, -0.05) is 36.2 Å². The van der Waals surface area contributed by atoms with Crippen LogP contribution in [0.1, 0.15) is 44.1 Å². The molecule has 2 aliphatic heterocycles. The fourth-order valence-electron chi connectivity index (χ4n) is 4.90. The Kier molecular flexibility index (Phi) is 9.48. The minimum atomic E-state index is -1.38. The third-order valence-electron chi connectivity index (χ3n) is 6.94. The van der Waals surface area contributed by atoms with E-state index < -0.39 is 11.7 Å². The molecule has 4 rings (SSSR count). The Morgan fingerprint density at radius 3 is 2.67 bits per heavy atom. The number of β-amino-alcohol motifs (C(OH)–C–C–N with tert-alkyl or cyclic N) is 1. The SMILES string of the molecule is O=C1CCCCCN1CCCOc1cccc(CN2CC[C@H](O)[C@](O)(COc3cccc(Cl)c3)C2)c1. The van der Waals surface area contributed by atoms with Gasteiger partial charge in [0.15, 0.2) is 0 Å². The summed E-state index contributed by atoms with van der Waals surface area (Å²) in [6.07, 6.45) is 4.29. The molecule has 7 nitrogen and oxygen atoms in total. The number of halogens is 1. The van der Waals surface area contributed by atoms with Crippen molar-refractivity contribution in [1.29, 1.82) is 0 Å². The summed E-state index contributed by atoms with van der Waals surface area (Å²) in [4.78, 5) is 16.2. The van der Waals surface area contributed by atoms with Crippen molar-refractivity contribution in [3.8, 4) is 11.5 Å². The molecule has 2 saturated heterocycles. The second kappa shape index (κ2) is 12.8. The van der Waals surface area contributed by atoms with Gasteiger partial charge in [0.05, 0.1) is 12.7 Å². The molecule has 2 N–H and O–H groups in total. The van der Waals surface area contributed by atoms with Crippen LogP contribution in [0.3, 0.4) is 0 Å². The minimum absolute atomic E-state index is 0.0202. The molecule has 0 saturated carbocycles. The molecule has 36 heavy (non-hydrogen) atoms. The van der Waals surface area contributed by atoms with Crippen molar-refractivity contribution in [2.45, 2.75) is 56.8 Å². The highest BCUT2D eigenvalue weighted by molar-refractivity contribution is 6.30. The summed E-state index contributed by atoms with van der Waals surface area (Å²) in [5.74, 6) is 1.62. The van der Waals surface area contributed by atoms with Gasteiger partial charge >= 0.3 is 0 Å². The zero-order valence-electron chi connectivity index (χ0n) is 20.8. The monoisotopic (exact) mass is 516 g/mol. The van der Waals surface area contributed by atoms with E-state index in [4.69, 9.17) is 21.1 Å². The molecular formula is C28H37ClN2O5. The van der Waals surface area contributed by atoms with Gasteiger partial charge in [-0.05, 0) is 61.6 Å². The molecule has 0 bridgehead atoms. The number of aliphatic hydroxyl groups is 2. The number of benzene rings is 2. The van der Waals surface area contributed by atoms with Gasteiger partial charge in [-0.2, -0.15) is 0 Å². The summed E-state index contributed by atoms with van der Waals surface area (Å²) in [5.41, 5.74) is -0.302. The number of likely N-dealkylation sites (tertiary alicyclic amines) is 2. The van der Waals surface area contributed by atoms with E-state index in [-0.39, 0.29) is 12.5 Å². The Balaban J connectivity index is 1.26. The van der Waals surface area contributed by atoms with Crippen molar-refractivity contribution >= 4 is 17.5 Å². The van der Waals surface area contributed by atoms with Gasteiger partial charge in [-0.15, -0.1) is 0 Å². The number of hydrogen-bond donors (Lipinski definition) is 2. The minimum Gasteiger partial charge on any atom is -0.494 e. The number of amides is 1. The Morgan fingerprint density at radius 2 is 1.83 bits per heavy atom. The Bertz CT molecular complexity index is 1010. The van der Waals surface area contributed by atoms with Gasteiger partial charge < -0.3 is 24.6 Å². The maximum atomic E-state index is 12.1. The molecule has 0 aromatic heterocycles. The topological polar surface area (TPSA) is 82.5 Å². The largest absolute Gasteiger partial charge is 0.494 e. The van der Waals surface area contributed by atoms with Gasteiger partial charge in [-0.3, -0.25) is 9.69 Å². The number of nitrogens with zero attached hydrogens (tertiary/aromatic N) is 2. The van der Waals surface area contributed by atoms with Crippen molar-refractivity contribution in [2.24, 2.45) is 0 Å². The van der Waals surface area contributed by atoms with E-state index in [1.807, 2.05) is 29.2 Å². The molecule has 2 aliphatic rings. The average molecular weight is 517 g/mol. The van der Waals surface area contributed by atoms with Gasteiger partial charge in [0.25, 0.3) is 0 Å². The molecule has 2 atom stereocenters. The number of piperidine rings is 1. The smallest absolute Gasteiger partial charge is 0.222 e. The lowest BCUT2D eigenvalue weighted by Gasteiger charge is -2.42. The van der Waals surface area contributed by atoms with Crippen LogP contribution in [-0.4, -0.2) is 77.0 Å². The van der Waals surface area contributed by atoms with E-state index in [1.54, 1.807) is 24.3 Å². The van der Waals surface area contributed by atoms with Gasteiger partial charge in [0.2, 0.25) is 5.91 Å². The number of rotatable bonds is 10. The predicted octanol–water partition coefficient (Wildman–Crippen LogP) is 3.89. The van der Waals surface area contributed by atoms with E-state index in [0.29, 0.717) is 49.9 Å². The molecule has 8 heteroatoms. The van der Waals surface area contributed by atoms with Gasteiger partial charge in [0, 0.05) is 44.2 Å². The zero-order chi connectivity index (χ0) is 25.4. The van der Waals surface area contributed by atoms with Crippen LogP contribution in [0.2, 0.25) is 5.02 Å². The normalized spacial score (nSPS) is 23.4. The zero-order valence-corrected chi connectivity index (χ0v) is 21.5. The van der Waals surface area contributed by atoms with Crippen LogP contribution in [-0.2, 0) is 11.3 Å². The quantitative estimate of drug-likeness (QED) is 0.466. The lowest BCUT2D eigenvalue weighted by molar-refractivity contribution is -0.140. The number of aliphatic hydroxyl groups excluding tert-OH is 1. The van der Waals surface area contributed by atoms with E-state index in [2.05, 4.69) is 4.90 Å². The maximum Gasteiger partial charge on any atom is 0.222 e. The Hall–Kier alpha value is -2.32. The van der Waals surface area contributed by atoms with Crippen molar-refractivity contribution in [2.75, 3.05) is 39.4 Å². The van der Waals surface area contributed by atoms with Crippen LogP contribution >= 0.6 is 11.6 Å². The molecule has 0 spiro atoms. The molecule has 0 unspecified atom stereocenters. The summed E-state index contributed by atoms with van der Waals surface area (Å²) in [7, 11) is 0. The lowest BCUT2D eigenvalue weighted by atomic mass is 9.90. The highest BCUT2D eigenvalue weighted by Gasteiger charge is 2.42. The van der Waals surface area contributed by atoms with E-state index >= 15 is 0 Å². The van der Waals surface area contributed by atoms with Crippen LogP contribution in [0.25, 0.3) is 0 Å². The third kappa shape index (κ3) is 7.59. The molecule has 2 heterocycles. The first kappa shape index (κ1) is 26.7. The second-order valence-electron chi connectivity index (χ2n) is 9.91. The van der Waals surface area contributed by atoms with Crippen LogP contribution in [0.15, 0.2) is 48.5 Å². The molecule has 0 radical (unpaired) electrons. The Morgan fingerprint density at radius 1 is 1.03 bits per heavy atom. The van der Waals surface area contributed by atoms with E-state index in [0.717, 1.165) is 50.1 Å². The fraction of sp³-hybridized carbons (Fsp3) is 0.536. The number of carbonyl (C=O) groups excluding carboxylic acids is 1. The predicted molar refractivity (Wildman–Crippen MR) is 139 cm³/mol. The highest BCUT2D eigenvalue weighted by Crippen LogP contribution is 2.26. The average Bonchev–Trinajstić information content (AvgIpc) is 3.07.